The second-order valence-corrected chi connectivity index (χ2v) is 14.5. The Balaban J connectivity index is 1.41. The maximum atomic E-state index is 14.9. The number of ether oxygens (including phenoxy) is 1. The molecule has 2 amide bonds. The third-order valence-electron chi connectivity index (χ3n) is 9.12. The molecule has 2 aromatic heterocycles. The van der Waals surface area contributed by atoms with Gasteiger partial charge in [0.15, 0.2) is 11.8 Å². The third-order valence-corrected chi connectivity index (χ3v) is 9.44. The molecule has 3 N–H and O–H groups in total. The zero-order valence-electron chi connectivity index (χ0n) is 28.4. The first-order valence-electron chi connectivity index (χ1n) is 16.1. The fraction of sp³-hybridized carbons (Fsp3) is 0.412. The maximum Gasteiger partial charge on any atom is 0.411 e. The number of hydrogen-bond acceptors (Lipinski definition) is 7. The summed E-state index contributed by atoms with van der Waals surface area (Å²) in [5.74, 6) is -1.73. The van der Waals surface area contributed by atoms with Gasteiger partial charge in [-0.2, -0.15) is 23.4 Å². The van der Waals surface area contributed by atoms with Gasteiger partial charge in [0.25, 0.3) is 12.3 Å². The summed E-state index contributed by atoms with van der Waals surface area (Å²) < 4.78 is 76.4. The molecule has 2 aromatic carbocycles. The Labute approximate surface area is 299 Å². The van der Waals surface area contributed by atoms with Crippen molar-refractivity contribution < 1.29 is 36.3 Å². The van der Waals surface area contributed by atoms with Gasteiger partial charge in [-0.05, 0) is 59.6 Å². The fourth-order valence-corrected chi connectivity index (χ4v) is 6.71. The van der Waals surface area contributed by atoms with Gasteiger partial charge in [-0.15, -0.1) is 0 Å². The molecular weight excluding hydrogens is 713 g/mol. The highest BCUT2D eigenvalue weighted by atomic mass is 35.5. The van der Waals surface area contributed by atoms with Gasteiger partial charge in [-0.1, -0.05) is 62.7 Å². The van der Waals surface area contributed by atoms with Crippen LogP contribution in [-0.2, 0) is 22.1 Å². The van der Waals surface area contributed by atoms with Gasteiger partial charge in [-0.3, -0.25) is 19.8 Å². The number of alkyl halides is 5. The summed E-state index contributed by atoms with van der Waals surface area (Å²) in [6.07, 6.45) is -7.03. The van der Waals surface area contributed by atoms with E-state index in [4.69, 9.17) is 21.7 Å². The lowest BCUT2D eigenvalue weighted by atomic mass is 9.75. The molecule has 4 aromatic rings. The number of nitrogens with zero attached hydrogens (tertiary/aromatic N) is 6. The van der Waals surface area contributed by atoms with Crippen LogP contribution in [0.4, 0.5) is 26.7 Å². The van der Waals surface area contributed by atoms with E-state index in [9.17, 15) is 31.5 Å². The van der Waals surface area contributed by atoms with E-state index >= 15 is 0 Å². The smallest absolute Gasteiger partial charge is 0.411 e. The van der Waals surface area contributed by atoms with E-state index in [0.29, 0.717) is 5.56 Å². The number of amides is 2. The number of alkyl carbamates (subject to hydrolysis) is 1. The number of benzene rings is 2. The van der Waals surface area contributed by atoms with Crippen LogP contribution in [0.2, 0.25) is 5.02 Å². The Kier molecular flexibility index (Phi) is 9.30. The fourth-order valence-electron chi connectivity index (χ4n) is 6.51. The lowest BCUT2D eigenvalue weighted by molar-refractivity contribution is -0.164. The number of aryl methyl sites for hydroxylation is 1. The number of rotatable bonds is 10. The Hall–Kier alpha value is -5.06. The van der Waals surface area contributed by atoms with Gasteiger partial charge < -0.3 is 15.4 Å². The molecule has 0 spiro atoms. The summed E-state index contributed by atoms with van der Waals surface area (Å²) >= 11 is 6.42. The molecule has 1 aliphatic heterocycles. The topological polar surface area (TPSA) is 143 Å². The number of aromatic nitrogens is 5. The van der Waals surface area contributed by atoms with E-state index in [1.807, 2.05) is 44.3 Å². The average Bonchev–Trinajstić information content (AvgIpc) is 3.37. The van der Waals surface area contributed by atoms with Crippen molar-refractivity contribution in [2.45, 2.75) is 69.8 Å². The minimum atomic E-state index is -4.72. The first-order chi connectivity index (χ1) is 24.4. The summed E-state index contributed by atoms with van der Waals surface area (Å²) in [7, 11) is 1.79. The first-order valence-corrected chi connectivity index (χ1v) is 16.5. The second kappa shape index (κ2) is 13.2. The van der Waals surface area contributed by atoms with Crippen molar-refractivity contribution in [1.82, 2.24) is 40.1 Å². The number of carbonyl (C=O) groups excluding carboxylic acids is 2. The largest absolute Gasteiger partial charge is 0.447 e. The maximum absolute atomic E-state index is 14.9. The van der Waals surface area contributed by atoms with E-state index in [-0.39, 0.29) is 35.5 Å². The molecule has 18 heteroatoms. The first kappa shape index (κ1) is 36.7. The minimum Gasteiger partial charge on any atom is -0.447 e. The predicted octanol–water partition coefficient (Wildman–Crippen LogP) is 6.82. The number of halogens is 6. The highest BCUT2D eigenvalue weighted by Crippen LogP contribution is 2.49. The van der Waals surface area contributed by atoms with Crippen LogP contribution < -0.4 is 10.6 Å². The molecule has 1 saturated carbocycles. The summed E-state index contributed by atoms with van der Waals surface area (Å²) in [5.41, 5.74) is -2.18. The van der Waals surface area contributed by atoms with Crippen molar-refractivity contribution in [2.24, 2.45) is 12.5 Å². The molecule has 2 fully saturated rings. The zero-order valence-corrected chi connectivity index (χ0v) is 29.2. The number of carbonyl (C=O) groups is 2. The number of guanidine groups is 1. The van der Waals surface area contributed by atoms with Crippen LogP contribution in [0.15, 0.2) is 61.1 Å². The molecular formula is C34H35ClF5N9O3. The molecule has 3 heterocycles. The molecule has 0 unspecified atom stereocenters. The van der Waals surface area contributed by atoms with Crippen molar-refractivity contribution in [3.8, 4) is 16.9 Å². The molecule has 52 heavy (non-hydrogen) atoms. The standard InChI is InChI=1S/C34H35ClF5N9O3/c1-31(2,3)17-33(21-8-5-19(6-9-21)23-11-14-43-47(23)4)28(50)48(29(41)45-33)25(16-52-30(51)46-32(12-13-32)34(38,39)40)20-7-10-22(35)24(15-20)49-27(26(36)37)42-18-44-49/h5-11,14-15,18,25-26H,12-13,16-17H2,1-4H3,(H2,41,45)(H,46,51)/t25-,33-/m1/s1. The number of nitrogens with one attached hydrogen (secondary N) is 3. The van der Waals surface area contributed by atoms with Gasteiger partial charge in [0.2, 0.25) is 0 Å². The quantitative estimate of drug-likeness (QED) is 0.151. The summed E-state index contributed by atoms with van der Waals surface area (Å²) in [5, 5.41) is 22.1. The van der Waals surface area contributed by atoms with E-state index in [1.54, 1.807) is 30.1 Å². The Morgan fingerprint density at radius 2 is 1.79 bits per heavy atom. The molecule has 1 aliphatic carbocycles. The van der Waals surface area contributed by atoms with Gasteiger partial charge in [-0.25, -0.2) is 23.2 Å². The molecule has 12 nitrogen and oxygen atoms in total. The van der Waals surface area contributed by atoms with Crippen molar-refractivity contribution in [1.29, 1.82) is 5.41 Å². The van der Waals surface area contributed by atoms with Crippen LogP contribution in [0.5, 0.6) is 0 Å². The molecule has 2 atom stereocenters. The van der Waals surface area contributed by atoms with Crippen molar-refractivity contribution >= 4 is 29.6 Å². The van der Waals surface area contributed by atoms with E-state index in [2.05, 4.69) is 20.5 Å². The van der Waals surface area contributed by atoms with Gasteiger partial charge >= 0.3 is 12.3 Å². The second-order valence-electron chi connectivity index (χ2n) is 14.1. The van der Waals surface area contributed by atoms with Crippen molar-refractivity contribution in [3.63, 3.8) is 0 Å². The highest BCUT2D eigenvalue weighted by molar-refractivity contribution is 6.32. The Bertz CT molecular complexity index is 2000. The van der Waals surface area contributed by atoms with Gasteiger partial charge in [0.1, 0.15) is 24.0 Å². The molecule has 6 rings (SSSR count). The van der Waals surface area contributed by atoms with E-state index in [0.717, 1.165) is 27.2 Å². The number of hydrogen-bond donors (Lipinski definition) is 3. The zero-order chi connectivity index (χ0) is 37.8. The Morgan fingerprint density at radius 3 is 2.37 bits per heavy atom. The normalized spacial score (nSPS) is 19.2. The minimum absolute atomic E-state index is 0.0223. The summed E-state index contributed by atoms with van der Waals surface area (Å²) in [6.45, 7) is 5.04. The van der Waals surface area contributed by atoms with Crippen molar-refractivity contribution in [3.05, 3.63) is 83.0 Å². The highest BCUT2D eigenvalue weighted by Gasteiger charge is 2.64. The van der Waals surface area contributed by atoms with Gasteiger partial charge in [0, 0.05) is 13.2 Å². The van der Waals surface area contributed by atoms with Crippen LogP contribution in [0.25, 0.3) is 16.9 Å². The summed E-state index contributed by atoms with van der Waals surface area (Å²) in [4.78, 5) is 32.4. The van der Waals surface area contributed by atoms with E-state index in [1.165, 1.54) is 18.2 Å². The lowest BCUT2D eigenvalue weighted by Crippen LogP contribution is -2.49. The average molecular weight is 748 g/mol. The van der Waals surface area contributed by atoms with Gasteiger partial charge in [0.05, 0.1) is 22.4 Å². The molecule has 276 valence electrons. The lowest BCUT2D eigenvalue weighted by Gasteiger charge is -2.35. The van der Waals surface area contributed by atoms with Crippen LogP contribution in [0.1, 0.15) is 69.5 Å². The monoisotopic (exact) mass is 747 g/mol. The van der Waals surface area contributed by atoms with E-state index < -0.39 is 65.5 Å². The predicted molar refractivity (Wildman–Crippen MR) is 179 cm³/mol. The molecule has 0 radical (unpaired) electrons. The summed E-state index contributed by atoms with van der Waals surface area (Å²) in [6, 6.07) is 11.8. The Morgan fingerprint density at radius 1 is 1.10 bits per heavy atom. The van der Waals surface area contributed by atoms with Crippen LogP contribution in [0.3, 0.4) is 0 Å². The third kappa shape index (κ3) is 6.80. The molecule has 1 saturated heterocycles. The molecule has 0 bridgehead atoms. The SMILES string of the molecule is Cn1nccc1-c1ccc([C@@]2(CC(C)(C)C)NC(=N)N([C@H](COC(=O)NC3(C(F)(F)F)CC3)c3ccc(Cl)c(-n4ncnc4C(F)F)c3)C2=O)cc1. The van der Waals surface area contributed by atoms with Crippen LogP contribution in [-0.4, -0.2) is 65.7 Å². The van der Waals surface area contributed by atoms with Crippen molar-refractivity contribution in [2.75, 3.05) is 6.61 Å². The molecule has 2 aliphatic rings. The van der Waals surface area contributed by atoms with Crippen LogP contribution in [0, 0.1) is 10.8 Å². The van der Waals surface area contributed by atoms with Crippen LogP contribution >= 0.6 is 11.6 Å².